The van der Waals surface area contributed by atoms with Crippen LogP contribution in [0.3, 0.4) is 0 Å². The van der Waals surface area contributed by atoms with Gasteiger partial charge in [-0.3, -0.25) is 14.5 Å². The largest absolute Gasteiger partial charge is 0.379 e. The Bertz CT molecular complexity index is 614. The molecule has 1 N–H and O–H groups in total. The lowest BCUT2D eigenvalue weighted by Gasteiger charge is -2.28. The van der Waals surface area contributed by atoms with Crippen LogP contribution < -0.4 is 5.32 Å². The van der Waals surface area contributed by atoms with Gasteiger partial charge in [-0.1, -0.05) is 19.1 Å². The van der Waals surface area contributed by atoms with Gasteiger partial charge < -0.3 is 15.0 Å². The monoisotopic (exact) mass is 345 g/mol. The molecule has 0 spiro atoms. The Kier molecular flexibility index (Phi) is 6.04. The highest BCUT2D eigenvalue weighted by Crippen LogP contribution is 2.20. The van der Waals surface area contributed by atoms with Gasteiger partial charge in [0.25, 0.3) is 0 Å². The van der Waals surface area contributed by atoms with Gasteiger partial charge in [0.05, 0.1) is 19.1 Å². The number of nitrogens with zero attached hydrogens (tertiary/aromatic N) is 2. The van der Waals surface area contributed by atoms with Crippen LogP contribution in [0.15, 0.2) is 24.3 Å². The molecule has 0 aliphatic carbocycles. The number of nitrogens with one attached hydrogen (secondary N) is 1. The quantitative estimate of drug-likeness (QED) is 0.846. The standard InChI is InChI=1S/C19H27N3O3/c1-2-15-4-3-5-17(12-15)20-19(24)16-13-18(23)22(14-16)7-6-21-8-10-25-11-9-21/h3-5,12,16H,2,6-11,13-14H2,1H3,(H,20,24)/t16-/m0/s1. The average molecular weight is 345 g/mol. The Hall–Kier alpha value is -1.92. The molecule has 3 rings (SSSR count). The summed E-state index contributed by atoms with van der Waals surface area (Å²) in [6, 6.07) is 7.87. The number of morpholine rings is 1. The molecule has 1 atom stereocenters. The SMILES string of the molecule is CCc1cccc(NC(=O)[C@H]2CC(=O)N(CCN3CCOCC3)C2)c1. The van der Waals surface area contributed by atoms with Gasteiger partial charge >= 0.3 is 0 Å². The third kappa shape index (κ3) is 4.80. The second-order valence-electron chi connectivity index (χ2n) is 6.74. The molecular formula is C19H27N3O3. The zero-order valence-corrected chi connectivity index (χ0v) is 14.9. The maximum absolute atomic E-state index is 12.5. The van der Waals surface area contributed by atoms with Crippen molar-refractivity contribution in [3.05, 3.63) is 29.8 Å². The summed E-state index contributed by atoms with van der Waals surface area (Å²) >= 11 is 0. The van der Waals surface area contributed by atoms with E-state index in [1.165, 1.54) is 5.56 Å². The first-order chi connectivity index (χ1) is 12.2. The minimum absolute atomic E-state index is 0.0597. The fourth-order valence-electron chi connectivity index (χ4n) is 3.36. The summed E-state index contributed by atoms with van der Waals surface area (Å²) in [4.78, 5) is 28.8. The molecule has 0 bridgehead atoms. The molecule has 1 aromatic rings. The number of hydrogen-bond donors (Lipinski definition) is 1. The van der Waals surface area contributed by atoms with Crippen molar-refractivity contribution < 1.29 is 14.3 Å². The van der Waals surface area contributed by atoms with E-state index in [4.69, 9.17) is 4.74 Å². The molecule has 2 amide bonds. The van der Waals surface area contributed by atoms with E-state index in [1.807, 2.05) is 29.2 Å². The Morgan fingerprint density at radius 1 is 1.28 bits per heavy atom. The summed E-state index contributed by atoms with van der Waals surface area (Å²) in [5.41, 5.74) is 2.00. The van der Waals surface area contributed by atoms with Crippen molar-refractivity contribution in [3.8, 4) is 0 Å². The molecule has 0 unspecified atom stereocenters. The summed E-state index contributed by atoms with van der Waals surface area (Å²) in [6.45, 7) is 7.49. The van der Waals surface area contributed by atoms with Gasteiger partial charge in [0.1, 0.15) is 0 Å². The van der Waals surface area contributed by atoms with Gasteiger partial charge in [0, 0.05) is 44.8 Å². The molecule has 2 aliphatic rings. The van der Waals surface area contributed by atoms with E-state index in [1.54, 1.807) is 0 Å². The number of hydrogen-bond acceptors (Lipinski definition) is 4. The van der Waals surface area contributed by atoms with E-state index in [2.05, 4.69) is 17.1 Å². The van der Waals surface area contributed by atoms with Gasteiger partial charge in [-0.25, -0.2) is 0 Å². The van der Waals surface area contributed by atoms with Crippen LogP contribution in [0.5, 0.6) is 0 Å². The van der Waals surface area contributed by atoms with E-state index in [0.717, 1.165) is 45.0 Å². The number of likely N-dealkylation sites (tertiary alicyclic amines) is 1. The van der Waals surface area contributed by atoms with Crippen LogP contribution in [0.25, 0.3) is 0 Å². The van der Waals surface area contributed by atoms with Gasteiger partial charge in [-0.05, 0) is 24.1 Å². The van der Waals surface area contributed by atoms with E-state index in [-0.39, 0.29) is 17.7 Å². The van der Waals surface area contributed by atoms with Crippen molar-refractivity contribution in [3.63, 3.8) is 0 Å². The Morgan fingerprint density at radius 2 is 2.08 bits per heavy atom. The first-order valence-corrected chi connectivity index (χ1v) is 9.13. The molecule has 0 saturated carbocycles. The second kappa shape index (κ2) is 8.45. The summed E-state index contributed by atoms with van der Waals surface area (Å²) in [5.74, 6) is -0.242. The van der Waals surface area contributed by atoms with E-state index >= 15 is 0 Å². The smallest absolute Gasteiger partial charge is 0.229 e. The minimum Gasteiger partial charge on any atom is -0.379 e. The predicted octanol–water partition coefficient (Wildman–Crippen LogP) is 1.37. The third-order valence-electron chi connectivity index (χ3n) is 4.98. The average Bonchev–Trinajstić information content (AvgIpc) is 3.02. The fourth-order valence-corrected chi connectivity index (χ4v) is 3.36. The minimum atomic E-state index is -0.262. The number of carbonyl (C=O) groups is 2. The van der Waals surface area contributed by atoms with Gasteiger partial charge in [-0.2, -0.15) is 0 Å². The molecule has 2 heterocycles. The first-order valence-electron chi connectivity index (χ1n) is 9.13. The number of benzene rings is 1. The number of ether oxygens (including phenoxy) is 1. The molecular weight excluding hydrogens is 318 g/mol. The second-order valence-corrected chi connectivity index (χ2v) is 6.74. The normalized spacial score (nSPS) is 21.6. The molecule has 2 fully saturated rings. The van der Waals surface area contributed by atoms with Crippen LogP contribution in [-0.2, 0) is 20.7 Å². The van der Waals surface area contributed by atoms with E-state index < -0.39 is 0 Å². The van der Waals surface area contributed by atoms with Crippen molar-refractivity contribution in [2.24, 2.45) is 5.92 Å². The maximum Gasteiger partial charge on any atom is 0.229 e. The maximum atomic E-state index is 12.5. The lowest BCUT2D eigenvalue weighted by atomic mass is 10.1. The fraction of sp³-hybridized carbons (Fsp3) is 0.579. The molecule has 136 valence electrons. The van der Waals surface area contributed by atoms with Crippen LogP contribution in [0.4, 0.5) is 5.69 Å². The lowest BCUT2D eigenvalue weighted by Crippen LogP contribution is -2.42. The highest BCUT2D eigenvalue weighted by Gasteiger charge is 2.34. The number of amides is 2. The van der Waals surface area contributed by atoms with Crippen LogP contribution in [-0.4, -0.2) is 67.6 Å². The number of aryl methyl sites for hydroxylation is 1. The molecule has 0 radical (unpaired) electrons. The molecule has 2 saturated heterocycles. The van der Waals surface area contributed by atoms with E-state index in [0.29, 0.717) is 19.5 Å². The highest BCUT2D eigenvalue weighted by molar-refractivity contribution is 5.97. The Balaban J connectivity index is 1.49. The lowest BCUT2D eigenvalue weighted by molar-refractivity contribution is -0.128. The molecule has 25 heavy (non-hydrogen) atoms. The van der Waals surface area contributed by atoms with E-state index in [9.17, 15) is 9.59 Å². The number of anilines is 1. The number of rotatable bonds is 6. The zero-order chi connectivity index (χ0) is 17.6. The van der Waals surface area contributed by atoms with Gasteiger partial charge in [0.2, 0.25) is 11.8 Å². The molecule has 1 aromatic carbocycles. The topological polar surface area (TPSA) is 61.9 Å². The predicted molar refractivity (Wildman–Crippen MR) is 96.4 cm³/mol. The Labute approximate surface area is 149 Å². The van der Waals surface area contributed by atoms with Crippen LogP contribution >= 0.6 is 0 Å². The Morgan fingerprint density at radius 3 is 2.84 bits per heavy atom. The first kappa shape index (κ1) is 17.9. The third-order valence-corrected chi connectivity index (χ3v) is 4.98. The van der Waals surface area contributed by atoms with Crippen molar-refractivity contribution in [2.75, 3.05) is 51.3 Å². The molecule has 6 heteroatoms. The molecule has 0 aromatic heterocycles. The van der Waals surface area contributed by atoms with Crippen molar-refractivity contribution in [1.29, 1.82) is 0 Å². The van der Waals surface area contributed by atoms with Crippen molar-refractivity contribution in [1.82, 2.24) is 9.80 Å². The summed E-state index contributed by atoms with van der Waals surface area (Å²) in [7, 11) is 0. The van der Waals surface area contributed by atoms with Crippen LogP contribution in [0.1, 0.15) is 18.9 Å². The number of carbonyl (C=O) groups excluding carboxylic acids is 2. The molecule has 6 nitrogen and oxygen atoms in total. The van der Waals surface area contributed by atoms with Crippen molar-refractivity contribution in [2.45, 2.75) is 19.8 Å². The molecule has 2 aliphatic heterocycles. The highest BCUT2D eigenvalue weighted by atomic mass is 16.5. The van der Waals surface area contributed by atoms with Crippen LogP contribution in [0, 0.1) is 5.92 Å². The van der Waals surface area contributed by atoms with Gasteiger partial charge in [-0.15, -0.1) is 0 Å². The summed E-state index contributed by atoms with van der Waals surface area (Å²) in [6.07, 6.45) is 1.24. The summed E-state index contributed by atoms with van der Waals surface area (Å²) < 4.78 is 5.34. The van der Waals surface area contributed by atoms with Crippen LogP contribution in [0.2, 0.25) is 0 Å². The van der Waals surface area contributed by atoms with Crippen molar-refractivity contribution >= 4 is 17.5 Å². The summed E-state index contributed by atoms with van der Waals surface area (Å²) in [5, 5.41) is 2.96. The van der Waals surface area contributed by atoms with Gasteiger partial charge in [0.15, 0.2) is 0 Å². The zero-order valence-electron chi connectivity index (χ0n) is 14.9.